The molecule has 1 atom stereocenters. The molecule has 220 valence electrons. The van der Waals surface area contributed by atoms with E-state index in [1.165, 1.54) is 0 Å². The summed E-state index contributed by atoms with van der Waals surface area (Å²) in [6.07, 6.45) is 7.00. The first-order valence-corrected chi connectivity index (χ1v) is 13.6. The van der Waals surface area contributed by atoms with Gasteiger partial charge in [-0.15, -0.1) is 0 Å². The molecule has 3 rings (SSSR count). The first-order valence-electron chi connectivity index (χ1n) is 13.6. The van der Waals surface area contributed by atoms with E-state index in [1.807, 2.05) is 50.5 Å². The number of hydrogen-bond acceptors (Lipinski definition) is 10. The minimum absolute atomic E-state index is 0.0214. The molecule has 2 aromatic rings. The summed E-state index contributed by atoms with van der Waals surface area (Å²) in [7, 11) is 0. The van der Waals surface area contributed by atoms with Crippen LogP contribution in [0.2, 0.25) is 0 Å². The van der Waals surface area contributed by atoms with Gasteiger partial charge in [-0.3, -0.25) is 9.36 Å². The quantitative estimate of drug-likeness (QED) is 0.301. The van der Waals surface area contributed by atoms with Crippen molar-refractivity contribution in [3.8, 4) is 12.0 Å². The van der Waals surface area contributed by atoms with Crippen LogP contribution in [0.3, 0.4) is 0 Å². The van der Waals surface area contributed by atoms with Crippen molar-refractivity contribution >= 4 is 29.0 Å². The number of nitrogen functional groups attached to an aromatic ring is 1. The van der Waals surface area contributed by atoms with Crippen molar-refractivity contribution < 1.29 is 28.5 Å². The van der Waals surface area contributed by atoms with E-state index < -0.39 is 17.3 Å². The minimum atomic E-state index is -0.562. The van der Waals surface area contributed by atoms with Gasteiger partial charge in [0, 0.05) is 6.54 Å². The Balaban J connectivity index is 1.68. The Labute approximate surface area is 235 Å². The fourth-order valence-corrected chi connectivity index (χ4v) is 4.05. The Bertz CT molecular complexity index is 1250. The van der Waals surface area contributed by atoms with E-state index in [4.69, 9.17) is 24.7 Å². The minimum Gasteiger partial charge on any atom is -0.465 e. The number of nitrogens with two attached hydrogens (primary N) is 1. The van der Waals surface area contributed by atoms with E-state index in [1.54, 1.807) is 20.8 Å². The van der Waals surface area contributed by atoms with E-state index in [0.717, 1.165) is 5.57 Å². The van der Waals surface area contributed by atoms with Gasteiger partial charge in [0.15, 0.2) is 17.0 Å². The average Bonchev–Trinajstić information content (AvgIpc) is 3.14. The molecule has 2 heterocycles. The highest BCUT2D eigenvalue weighted by atomic mass is 16.6. The summed E-state index contributed by atoms with van der Waals surface area (Å²) in [4.78, 5) is 37.5. The van der Waals surface area contributed by atoms with Crippen LogP contribution in [-0.4, -0.2) is 62.5 Å². The van der Waals surface area contributed by atoms with E-state index >= 15 is 0 Å². The van der Waals surface area contributed by atoms with Crippen molar-refractivity contribution in [3.05, 3.63) is 23.8 Å². The molecule has 0 saturated carbocycles. The van der Waals surface area contributed by atoms with Gasteiger partial charge in [0.1, 0.15) is 11.2 Å². The Morgan fingerprint density at radius 3 is 2.48 bits per heavy atom. The number of amides is 1. The summed E-state index contributed by atoms with van der Waals surface area (Å²) in [5, 5.41) is 2.69. The second-order valence-electron chi connectivity index (χ2n) is 11.6. The van der Waals surface area contributed by atoms with Crippen LogP contribution in [-0.2, 0) is 20.8 Å². The molecular weight excluding hydrogens is 516 g/mol. The van der Waals surface area contributed by atoms with E-state index in [9.17, 15) is 9.59 Å². The number of rotatable bonds is 11. The third-order valence-electron chi connectivity index (χ3n) is 5.51. The molecule has 1 aliphatic carbocycles. The van der Waals surface area contributed by atoms with Crippen LogP contribution in [0.5, 0.6) is 12.0 Å². The maximum absolute atomic E-state index is 12.4. The Morgan fingerprint density at radius 1 is 1.07 bits per heavy atom. The number of hydrogen-bond donors (Lipinski definition) is 2. The lowest BCUT2D eigenvalue weighted by atomic mass is 9.91. The molecule has 0 aliphatic heterocycles. The lowest BCUT2D eigenvalue weighted by Crippen LogP contribution is -2.33. The van der Waals surface area contributed by atoms with E-state index in [0.29, 0.717) is 56.1 Å². The predicted molar refractivity (Wildman–Crippen MR) is 151 cm³/mol. The fraction of sp³-hybridized carbons (Fsp3) is 0.607. The van der Waals surface area contributed by atoms with Gasteiger partial charge in [-0.05, 0) is 72.8 Å². The molecule has 0 aromatic carbocycles. The lowest BCUT2D eigenvalue weighted by molar-refractivity contribution is -0.155. The number of aromatic nitrogens is 4. The van der Waals surface area contributed by atoms with Gasteiger partial charge < -0.3 is 30.0 Å². The number of allylic oxidation sites excluding steroid dienone is 4. The number of ether oxygens (including phenoxy) is 4. The van der Waals surface area contributed by atoms with Crippen LogP contribution < -0.4 is 20.5 Å². The van der Waals surface area contributed by atoms with Gasteiger partial charge in [0.2, 0.25) is 0 Å². The zero-order valence-electron chi connectivity index (χ0n) is 24.6. The highest BCUT2D eigenvalue weighted by Crippen LogP contribution is 2.30. The predicted octanol–water partition coefficient (Wildman–Crippen LogP) is 4.34. The molecule has 0 spiro atoms. The van der Waals surface area contributed by atoms with Crippen molar-refractivity contribution in [3.63, 3.8) is 0 Å². The van der Waals surface area contributed by atoms with Crippen LogP contribution in [0.4, 0.5) is 10.6 Å². The molecule has 12 nitrogen and oxygen atoms in total. The smallest absolute Gasteiger partial charge is 0.407 e. The zero-order valence-corrected chi connectivity index (χ0v) is 24.6. The van der Waals surface area contributed by atoms with Crippen molar-refractivity contribution in [1.82, 2.24) is 24.8 Å². The van der Waals surface area contributed by atoms with Crippen LogP contribution in [0, 0.1) is 5.92 Å². The second kappa shape index (κ2) is 13.0. The number of carbonyl (C=O) groups is 2. The van der Waals surface area contributed by atoms with Crippen LogP contribution in [0.25, 0.3) is 11.2 Å². The van der Waals surface area contributed by atoms with E-state index in [2.05, 4.69) is 20.3 Å². The van der Waals surface area contributed by atoms with Crippen molar-refractivity contribution in [2.24, 2.45) is 5.92 Å². The molecule has 0 radical (unpaired) electrons. The number of esters is 1. The van der Waals surface area contributed by atoms with Crippen LogP contribution in [0.1, 0.15) is 67.7 Å². The number of fused-ring (bicyclic) bond motifs is 1. The molecular formula is C28H42N6O6. The first kappa shape index (κ1) is 30.7. The summed E-state index contributed by atoms with van der Waals surface area (Å²) >= 11 is 0. The maximum atomic E-state index is 12.4. The van der Waals surface area contributed by atoms with Crippen molar-refractivity contribution in [1.29, 1.82) is 0 Å². The molecule has 1 unspecified atom stereocenters. The fourth-order valence-electron chi connectivity index (χ4n) is 4.05. The number of alkyl carbamates (subject to hydrolysis) is 1. The molecule has 40 heavy (non-hydrogen) atoms. The second-order valence-corrected chi connectivity index (χ2v) is 11.6. The number of nitrogens with one attached hydrogen (secondary N) is 1. The summed E-state index contributed by atoms with van der Waals surface area (Å²) < 4.78 is 24.1. The Hall–Kier alpha value is -3.83. The van der Waals surface area contributed by atoms with Gasteiger partial charge in [-0.1, -0.05) is 18.2 Å². The third kappa shape index (κ3) is 9.42. The molecule has 3 N–H and O–H groups in total. The normalized spacial score (nSPS) is 15.5. The van der Waals surface area contributed by atoms with Gasteiger partial charge in [-0.25, -0.2) is 4.79 Å². The number of anilines is 1. The Morgan fingerprint density at radius 2 is 1.80 bits per heavy atom. The highest BCUT2D eigenvalue weighted by molar-refractivity contribution is 5.83. The molecule has 0 bridgehead atoms. The first-order chi connectivity index (χ1) is 18.7. The molecule has 2 aromatic heterocycles. The zero-order chi connectivity index (χ0) is 29.5. The van der Waals surface area contributed by atoms with E-state index in [-0.39, 0.29) is 30.3 Å². The molecule has 0 fully saturated rings. The van der Waals surface area contributed by atoms with Gasteiger partial charge in [0.05, 0.1) is 26.2 Å². The summed E-state index contributed by atoms with van der Waals surface area (Å²) in [5.74, 6) is -0.0324. The van der Waals surface area contributed by atoms with Crippen molar-refractivity contribution in [2.45, 2.75) is 85.5 Å². The average molecular weight is 559 g/mol. The lowest BCUT2D eigenvalue weighted by Gasteiger charge is -2.23. The number of nitrogens with zero attached hydrogens (tertiary/aromatic N) is 4. The largest absolute Gasteiger partial charge is 0.465 e. The summed E-state index contributed by atoms with van der Waals surface area (Å²) in [6.45, 7) is 14.3. The van der Waals surface area contributed by atoms with Crippen LogP contribution in [0.15, 0.2) is 23.8 Å². The van der Waals surface area contributed by atoms with Gasteiger partial charge >= 0.3 is 18.1 Å². The monoisotopic (exact) mass is 558 g/mol. The molecule has 1 aliphatic rings. The van der Waals surface area contributed by atoms with Crippen molar-refractivity contribution in [2.75, 3.05) is 25.5 Å². The maximum Gasteiger partial charge on any atom is 0.407 e. The highest BCUT2D eigenvalue weighted by Gasteiger charge is 2.24. The summed E-state index contributed by atoms with van der Waals surface area (Å²) in [6, 6.07) is 0.475. The third-order valence-corrected chi connectivity index (χ3v) is 5.51. The summed E-state index contributed by atoms with van der Waals surface area (Å²) in [5.41, 5.74) is 7.10. The number of imidazole rings is 1. The molecule has 1 amide bonds. The standard InChI is InChI=1S/C28H42N6O6/c1-8-37-25-31-21-22(29)32-24(38-14-10-13-30-26(36)40-28(5,6)7)33-23(21)34(25)17-19-12-9-11-18(15-19)16-20(35)39-27(2,3)4/h9,11-12,18H,8,10,13-17H2,1-7H3,(H,30,36)(H2,29,32,33). The SMILES string of the molecule is CCOc1nc2c(N)nc(OCCCNC(=O)OC(C)(C)C)nc2n1CC1=CC=CC(CC(=O)OC(C)(C)C)C1. The van der Waals surface area contributed by atoms with Gasteiger partial charge in [-0.2, -0.15) is 15.0 Å². The number of carbonyl (C=O) groups excluding carboxylic acids is 2. The van der Waals surface area contributed by atoms with Crippen LogP contribution >= 0.6 is 0 Å². The Kier molecular flexibility index (Phi) is 9.99. The van der Waals surface area contributed by atoms with Gasteiger partial charge in [0.25, 0.3) is 6.01 Å². The molecule has 12 heteroatoms. The topological polar surface area (TPSA) is 153 Å². The molecule has 0 saturated heterocycles.